The summed E-state index contributed by atoms with van der Waals surface area (Å²) in [5, 5.41) is 3.97. The van der Waals surface area contributed by atoms with Crippen LogP contribution in [0.2, 0.25) is 0 Å². The molecule has 0 saturated heterocycles. The average molecular weight is 367 g/mol. The molecule has 0 aliphatic carbocycles. The van der Waals surface area contributed by atoms with Gasteiger partial charge in [-0.25, -0.2) is 4.98 Å². The van der Waals surface area contributed by atoms with Crippen LogP contribution >= 0.6 is 0 Å². The second-order valence-electron chi connectivity index (χ2n) is 6.92. The molecule has 0 bridgehead atoms. The van der Waals surface area contributed by atoms with Gasteiger partial charge in [0, 0.05) is 23.3 Å². The van der Waals surface area contributed by atoms with Crippen molar-refractivity contribution in [3.05, 3.63) is 95.8 Å². The molecular weight excluding hydrogens is 346 g/mol. The van der Waals surface area contributed by atoms with Gasteiger partial charge in [0.05, 0.1) is 22.8 Å². The van der Waals surface area contributed by atoms with E-state index in [4.69, 9.17) is 4.98 Å². The average Bonchev–Trinajstić information content (AvgIpc) is 2.74. The molecule has 0 aliphatic rings. The second-order valence-corrected chi connectivity index (χ2v) is 6.92. The number of rotatable bonds is 4. The Morgan fingerprint density at radius 2 is 1.71 bits per heavy atom. The monoisotopic (exact) mass is 367 g/mol. The lowest BCUT2D eigenvalue weighted by molar-refractivity contribution is 0.0941. The summed E-state index contributed by atoms with van der Waals surface area (Å²) in [5.41, 5.74) is 5.33. The Morgan fingerprint density at radius 1 is 0.964 bits per heavy atom. The number of benzene rings is 2. The van der Waals surface area contributed by atoms with Crippen LogP contribution in [0.1, 0.15) is 34.5 Å². The number of nitrogens with zero attached hydrogens (tertiary/aromatic N) is 2. The maximum atomic E-state index is 13.2. The summed E-state index contributed by atoms with van der Waals surface area (Å²) >= 11 is 0. The SMILES string of the molecule is Cc1ccc2nc(-c3ccccc3)cc(C(=O)N[C@H](C)c3ccncc3)c2c1. The first kappa shape index (κ1) is 17.9. The first-order valence-electron chi connectivity index (χ1n) is 9.29. The standard InChI is InChI=1S/C24H21N3O/c1-16-8-9-22-20(14-16)21(15-23(27-22)19-6-4-3-5-7-19)24(28)26-17(2)18-10-12-25-13-11-18/h3-15,17H,1-2H3,(H,26,28)/t17-/m1/s1. The van der Waals surface area contributed by atoms with Crippen molar-refractivity contribution < 1.29 is 4.79 Å². The summed E-state index contributed by atoms with van der Waals surface area (Å²) in [4.78, 5) is 22.0. The largest absolute Gasteiger partial charge is 0.345 e. The van der Waals surface area contributed by atoms with Crippen molar-refractivity contribution in [3.8, 4) is 11.3 Å². The number of fused-ring (bicyclic) bond motifs is 1. The number of hydrogen-bond acceptors (Lipinski definition) is 3. The minimum Gasteiger partial charge on any atom is -0.345 e. The molecule has 28 heavy (non-hydrogen) atoms. The highest BCUT2D eigenvalue weighted by atomic mass is 16.1. The Kier molecular flexibility index (Phi) is 4.85. The fraction of sp³-hybridized carbons (Fsp3) is 0.125. The van der Waals surface area contributed by atoms with E-state index in [0.717, 1.165) is 33.3 Å². The number of nitrogens with one attached hydrogen (secondary N) is 1. The van der Waals surface area contributed by atoms with E-state index in [2.05, 4.69) is 10.3 Å². The molecule has 4 heteroatoms. The third kappa shape index (κ3) is 3.62. The second kappa shape index (κ2) is 7.61. The van der Waals surface area contributed by atoms with Crippen LogP contribution in [-0.2, 0) is 0 Å². The maximum Gasteiger partial charge on any atom is 0.252 e. The molecule has 2 heterocycles. The fourth-order valence-electron chi connectivity index (χ4n) is 3.29. The number of carbonyl (C=O) groups excluding carboxylic acids is 1. The summed E-state index contributed by atoms with van der Waals surface area (Å²) in [6.07, 6.45) is 3.47. The maximum absolute atomic E-state index is 13.2. The summed E-state index contributed by atoms with van der Waals surface area (Å²) < 4.78 is 0. The zero-order valence-corrected chi connectivity index (χ0v) is 15.9. The number of hydrogen-bond donors (Lipinski definition) is 1. The lowest BCUT2D eigenvalue weighted by Gasteiger charge is -2.16. The highest BCUT2D eigenvalue weighted by Gasteiger charge is 2.17. The smallest absolute Gasteiger partial charge is 0.252 e. The van der Waals surface area contributed by atoms with E-state index in [1.165, 1.54) is 0 Å². The molecule has 1 N–H and O–H groups in total. The Hall–Kier alpha value is -3.53. The van der Waals surface area contributed by atoms with Crippen LogP contribution in [0.15, 0.2) is 79.1 Å². The number of aromatic nitrogens is 2. The predicted octanol–water partition coefficient (Wildman–Crippen LogP) is 5.10. The van der Waals surface area contributed by atoms with E-state index < -0.39 is 0 Å². The summed E-state index contributed by atoms with van der Waals surface area (Å²) in [7, 11) is 0. The van der Waals surface area contributed by atoms with Crippen molar-refractivity contribution in [1.29, 1.82) is 0 Å². The Morgan fingerprint density at radius 3 is 2.46 bits per heavy atom. The van der Waals surface area contributed by atoms with Crippen LogP contribution in [0.4, 0.5) is 0 Å². The van der Waals surface area contributed by atoms with Crippen LogP contribution in [0.3, 0.4) is 0 Å². The zero-order valence-electron chi connectivity index (χ0n) is 15.9. The lowest BCUT2D eigenvalue weighted by Crippen LogP contribution is -2.27. The normalized spacial score (nSPS) is 11.9. The molecule has 1 atom stereocenters. The summed E-state index contributed by atoms with van der Waals surface area (Å²) in [6, 6.07) is 21.5. The van der Waals surface area contributed by atoms with Crippen LogP contribution in [0.5, 0.6) is 0 Å². The van der Waals surface area contributed by atoms with E-state index in [1.807, 2.05) is 80.6 Å². The highest BCUT2D eigenvalue weighted by molar-refractivity contribution is 6.07. The van der Waals surface area contributed by atoms with E-state index >= 15 is 0 Å². The van der Waals surface area contributed by atoms with Crippen LogP contribution in [-0.4, -0.2) is 15.9 Å². The van der Waals surface area contributed by atoms with Gasteiger partial charge in [-0.05, 0) is 49.7 Å². The molecule has 0 spiro atoms. The minimum absolute atomic E-state index is 0.112. The van der Waals surface area contributed by atoms with Crippen molar-refractivity contribution in [2.24, 2.45) is 0 Å². The van der Waals surface area contributed by atoms with Crippen molar-refractivity contribution in [2.45, 2.75) is 19.9 Å². The molecule has 0 radical (unpaired) electrons. The molecular formula is C24H21N3O. The summed E-state index contributed by atoms with van der Waals surface area (Å²) in [5.74, 6) is -0.112. The van der Waals surface area contributed by atoms with Gasteiger partial charge >= 0.3 is 0 Å². The zero-order chi connectivity index (χ0) is 19.5. The molecule has 0 unspecified atom stereocenters. The lowest BCUT2D eigenvalue weighted by atomic mass is 10.0. The molecule has 2 aromatic carbocycles. The van der Waals surface area contributed by atoms with Crippen molar-refractivity contribution in [3.63, 3.8) is 0 Å². The molecule has 4 rings (SSSR count). The van der Waals surface area contributed by atoms with Gasteiger partial charge in [0.1, 0.15) is 0 Å². The molecule has 138 valence electrons. The van der Waals surface area contributed by atoms with Gasteiger partial charge in [0.2, 0.25) is 0 Å². The Labute approximate surface area is 164 Å². The van der Waals surface area contributed by atoms with Crippen molar-refractivity contribution >= 4 is 16.8 Å². The Balaban J connectivity index is 1.77. The number of aryl methyl sites for hydroxylation is 1. The molecule has 2 aromatic heterocycles. The molecule has 0 fully saturated rings. The van der Waals surface area contributed by atoms with Crippen molar-refractivity contribution in [1.82, 2.24) is 15.3 Å². The summed E-state index contributed by atoms with van der Waals surface area (Å²) in [6.45, 7) is 3.99. The third-order valence-electron chi connectivity index (χ3n) is 4.83. The van der Waals surface area contributed by atoms with Gasteiger partial charge in [-0.1, -0.05) is 42.0 Å². The molecule has 0 aliphatic heterocycles. The fourth-order valence-corrected chi connectivity index (χ4v) is 3.29. The Bertz CT molecular complexity index is 1120. The highest BCUT2D eigenvalue weighted by Crippen LogP contribution is 2.26. The van der Waals surface area contributed by atoms with Gasteiger partial charge in [0.25, 0.3) is 5.91 Å². The van der Waals surface area contributed by atoms with Crippen molar-refractivity contribution in [2.75, 3.05) is 0 Å². The molecule has 4 nitrogen and oxygen atoms in total. The predicted molar refractivity (Wildman–Crippen MR) is 112 cm³/mol. The van der Waals surface area contributed by atoms with E-state index in [9.17, 15) is 4.79 Å². The van der Waals surface area contributed by atoms with Gasteiger partial charge in [-0.3, -0.25) is 9.78 Å². The van der Waals surface area contributed by atoms with Crippen LogP contribution in [0.25, 0.3) is 22.2 Å². The minimum atomic E-state index is -0.122. The first-order chi connectivity index (χ1) is 13.6. The van der Waals surface area contributed by atoms with Gasteiger partial charge in [0.15, 0.2) is 0 Å². The van der Waals surface area contributed by atoms with E-state index in [1.54, 1.807) is 12.4 Å². The van der Waals surface area contributed by atoms with Gasteiger partial charge in [-0.2, -0.15) is 0 Å². The number of pyridine rings is 2. The van der Waals surface area contributed by atoms with Gasteiger partial charge in [-0.15, -0.1) is 0 Å². The van der Waals surface area contributed by atoms with E-state index in [-0.39, 0.29) is 11.9 Å². The van der Waals surface area contributed by atoms with Gasteiger partial charge < -0.3 is 5.32 Å². The first-order valence-corrected chi connectivity index (χ1v) is 9.29. The van der Waals surface area contributed by atoms with Crippen LogP contribution < -0.4 is 5.32 Å². The third-order valence-corrected chi connectivity index (χ3v) is 4.83. The quantitative estimate of drug-likeness (QED) is 0.546. The number of carbonyl (C=O) groups is 1. The van der Waals surface area contributed by atoms with Crippen LogP contribution in [0, 0.1) is 6.92 Å². The molecule has 4 aromatic rings. The topological polar surface area (TPSA) is 54.9 Å². The molecule has 0 saturated carbocycles. The number of amides is 1. The molecule has 1 amide bonds. The van der Waals surface area contributed by atoms with E-state index in [0.29, 0.717) is 5.56 Å².